The van der Waals surface area contributed by atoms with E-state index in [0.717, 1.165) is 45.1 Å². The molecule has 2 heterocycles. The van der Waals surface area contributed by atoms with Crippen LogP contribution in [0.3, 0.4) is 0 Å². The Kier molecular flexibility index (Phi) is 7.70. The van der Waals surface area contributed by atoms with Crippen LogP contribution in [0.1, 0.15) is 44.1 Å². The number of carbonyl (C=O) groups is 3. The van der Waals surface area contributed by atoms with Crippen molar-refractivity contribution < 1.29 is 14.4 Å². The van der Waals surface area contributed by atoms with Crippen LogP contribution in [-0.4, -0.2) is 83.2 Å². The lowest BCUT2D eigenvalue weighted by atomic mass is 9.98. The summed E-state index contributed by atoms with van der Waals surface area (Å²) in [6.07, 6.45) is 5.31. The molecule has 4 N–H and O–H groups in total. The van der Waals surface area contributed by atoms with Crippen LogP contribution in [0.5, 0.6) is 0 Å². The van der Waals surface area contributed by atoms with E-state index in [9.17, 15) is 14.4 Å². The number of aryl methyl sites for hydroxylation is 1. The molecular formula is C25H36N6O3. The van der Waals surface area contributed by atoms with Gasteiger partial charge in [-0.25, -0.2) is 0 Å². The Morgan fingerprint density at radius 3 is 2.62 bits per heavy atom. The third kappa shape index (κ3) is 6.07. The standard InChI is InChI=1S/C25H36N6O3/c26-25(27)29-12-4-9-19(16-29)15-28-22(32)14-21-24(34)31(20-10-11-20)17-23(33)30(21)13-5-8-18-6-2-1-3-7-18/h1-3,6-7,19-21H,4-5,8-17H2,(H3,26,27)(H,28,32)/t19-,21-/m0/s1. The largest absolute Gasteiger partial charge is 0.370 e. The number of amides is 3. The van der Waals surface area contributed by atoms with Gasteiger partial charge in [-0.15, -0.1) is 0 Å². The number of nitrogens with one attached hydrogen (secondary N) is 2. The molecule has 0 aromatic heterocycles. The average molecular weight is 469 g/mol. The number of hydrogen-bond acceptors (Lipinski definition) is 4. The summed E-state index contributed by atoms with van der Waals surface area (Å²) < 4.78 is 0. The van der Waals surface area contributed by atoms with Crippen molar-refractivity contribution >= 4 is 23.7 Å². The highest BCUT2D eigenvalue weighted by Gasteiger charge is 2.45. The first-order valence-corrected chi connectivity index (χ1v) is 12.4. The summed E-state index contributed by atoms with van der Waals surface area (Å²) in [4.78, 5) is 44.2. The van der Waals surface area contributed by atoms with E-state index < -0.39 is 6.04 Å². The van der Waals surface area contributed by atoms with Crippen LogP contribution in [0.25, 0.3) is 0 Å². The van der Waals surface area contributed by atoms with Gasteiger partial charge in [0.15, 0.2) is 5.96 Å². The molecule has 9 heteroatoms. The Balaban J connectivity index is 1.34. The van der Waals surface area contributed by atoms with E-state index in [1.54, 1.807) is 9.80 Å². The maximum Gasteiger partial charge on any atom is 0.246 e. The van der Waals surface area contributed by atoms with Crippen molar-refractivity contribution in [1.29, 1.82) is 5.41 Å². The number of likely N-dealkylation sites (tertiary alicyclic amines) is 1. The van der Waals surface area contributed by atoms with Gasteiger partial charge in [0.1, 0.15) is 12.6 Å². The highest BCUT2D eigenvalue weighted by molar-refractivity contribution is 5.97. The second-order valence-corrected chi connectivity index (χ2v) is 9.74. The lowest BCUT2D eigenvalue weighted by Gasteiger charge is -2.40. The summed E-state index contributed by atoms with van der Waals surface area (Å²) in [6, 6.07) is 9.48. The minimum absolute atomic E-state index is 0.0116. The molecule has 0 bridgehead atoms. The Labute approximate surface area is 201 Å². The van der Waals surface area contributed by atoms with E-state index in [2.05, 4.69) is 17.4 Å². The number of nitrogens with zero attached hydrogens (tertiary/aromatic N) is 3. The quantitative estimate of drug-likeness (QED) is 0.368. The van der Waals surface area contributed by atoms with E-state index in [-0.39, 0.29) is 48.6 Å². The predicted molar refractivity (Wildman–Crippen MR) is 129 cm³/mol. The van der Waals surface area contributed by atoms with Gasteiger partial charge in [0.2, 0.25) is 17.7 Å². The van der Waals surface area contributed by atoms with Crippen LogP contribution in [0.15, 0.2) is 30.3 Å². The molecule has 1 aromatic carbocycles. The molecule has 184 valence electrons. The van der Waals surface area contributed by atoms with Crippen LogP contribution in [0.4, 0.5) is 0 Å². The normalized spacial score (nSPS) is 23.2. The summed E-state index contributed by atoms with van der Waals surface area (Å²) in [5.74, 6) is -0.0974. The smallest absolute Gasteiger partial charge is 0.246 e. The summed E-state index contributed by atoms with van der Waals surface area (Å²) >= 11 is 0. The SMILES string of the molecule is N=C(N)N1CCC[C@@H](CNC(=O)C[C@H]2C(=O)N(C3CC3)CC(=O)N2CCCc2ccccc2)C1. The molecular weight excluding hydrogens is 432 g/mol. The third-order valence-electron chi connectivity index (χ3n) is 7.09. The number of piperidine rings is 1. The molecule has 4 rings (SSSR count). The summed E-state index contributed by atoms with van der Waals surface area (Å²) in [5.41, 5.74) is 6.81. The molecule has 2 saturated heterocycles. The number of piperazine rings is 1. The van der Waals surface area contributed by atoms with Crippen LogP contribution in [-0.2, 0) is 20.8 Å². The molecule has 1 saturated carbocycles. The van der Waals surface area contributed by atoms with Gasteiger partial charge in [-0.05, 0) is 50.0 Å². The van der Waals surface area contributed by atoms with Gasteiger partial charge >= 0.3 is 0 Å². The highest BCUT2D eigenvalue weighted by atomic mass is 16.2. The second kappa shape index (κ2) is 10.9. The fourth-order valence-corrected chi connectivity index (χ4v) is 5.04. The predicted octanol–water partition coefficient (Wildman–Crippen LogP) is 0.933. The van der Waals surface area contributed by atoms with E-state index in [1.165, 1.54) is 5.56 Å². The van der Waals surface area contributed by atoms with Gasteiger partial charge in [0.25, 0.3) is 0 Å². The first-order chi connectivity index (χ1) is 16.4. The second-order valence-electron chi connectivity index (χ2n) is 9.74. The molecule has 34 heavy (non-hydrogen) atoms. The summed E-state index contributed by atoms with van der Waals surface area (Å²) in [7, 11) is 0. The zero-order valence-electron chi connectivity index (χ0n) is 19.7. The van der Waals surface area contributed by atoms with E-state index in [4.69, 9.17) is 11.1 Å². The molecule has 0 unspecified atom stereocenters. The fourth-order valence-electron chi connectivity index (χ4n) is 5.04. The number of guanidine groups is 1. The lowest BCUT2D eigenvalue weighted by molar-refractivity contribution is -0.157. The number of carbonyl (C=O) groups excluding carboxylic acids is 3. The lowest BCUT2D eigenvalue weighted by Crippen LogP contribution is -2.61. The van der Waals surface area contributed by atoms with Crippen LogP contribution < -0.4 is 11.1 Å². The minimum Gasteiger partial charge on any atom is -0.370 e. The molecule has 3 amide bonds. The van der Waals surface area contributed by atoms with Crippen molar-refractivity contribution in [3.8, 4) is 0 Å². The van der Waals surface area contributed by atoms with Crippen LogP contribution >= 0.6 is 0 Å². The molecule has 3 aliphatic rings. The van der Waals surface area contributed by atoms with Crippen molar-refractivity contribution in [2.24, 2.45) is 11.7 Å². The first kappa shape index (κ1) is 24.0. The topological polar surface area (TPSA) is 123 Å². The van der Waals surface area contributed by atoms with Crippen molar-refractivity contribution in [3.63, 3.8) is 0 Å². The van der Waals surface area contributed by atoms with Gasteiger partial charge in [0, 0.05) is 32.2 Å². The average Bonchev–Trinajstić information content (AvgIpc) is 3.68. The maximum atomic E-state index is 13.3. The van der Waals surface area contributed by atoms with Crippen molar-refractivity contribution in [2.45, 2.75) is 57.0 Å². The van der Waals surface area contributed by atoms with Crippen LogP contribution in [0.2, 0.25) is 0 Å². The monoisotopic (exact) mass is 468 g/mol. The van der Waals surface area contributed by atoms with E-state index in [1.807, 2.05) is 23.1 Å². The van der Waals surface area contributed by atoms with Gasteiger partial charge in [-0.3, -0.25) is 19.8 Å². The van der Waals surface area contributed by atoms with E-state index in [0.29, 0.717) is 19.6 Å². The van der Waals surface area contributed by atoms with Gasteiger partial charge in [0.05, 0.1) is 6.42 Å². The summed E-state index contributed by atoms with van der Waals surface area (Å²) in [6.45, 7) is 2.49. The Morgan fingerprint density at radius 1 is 1.15 bits per heavy atom. The number of hydrogen-bond donors (Lipinski definition) is 3. The zero-order chi connectivity index (χ0) is 24.1. The third-order valence-corrected chi connectivity index (χ3v) is 7.09. The molecule has 2 atom stereocenters. The van der Waals surface area contributed by atoms with E-state index >= 15 is 0 Å². The Hall–Kier alpha value is -3.10. The fraction of sp³-hybridized carbons (Fsp3) is 0.600. The van der Waals surface area contributed by atoms with Gasteiger partial charge in [-0.1, -0.05) is 30.3 Å². The van der Waals surface area contributed by atoms with Crippen LogP contribution in [0, 0.1) is 11.3 Å². The molecule has 9 nitrogen and oxygen atoms in total. The molecule has 0 radical (unpaired) electrons. The molecule has 1 aliphatic carbocycles. The van der Waals surface area contributed by atoms with Crippen molar-refractivity contribution in [2.75, 3.05) is 32.7 Å². The number of benzene rings is 1. The zero-order valence-corrected chi connectivity index (χ0v) is 19.7. The van der Waals surface area contributed by atoms with Gasteiger partial charge < -0.3 is 25.8 Å². The van der Waals surface area contributed by atoms with Crippen molar-refractivity contribution in [3.05, 3.63) is 35.9 Å². The van der Waals surface area contributed by atoms with Crippen molar-refractivity contribution in [1.82, 2.24) is 20.0 Å². The Morgan fingerprint density at radius 2 is 1.91 bits per heavy atom. The number of nitrogens with two attached hydrogens (primary N) is 1. The molecule has 0 spiro atoms. The molecule has 1 aromatic rings. The Bertz CT molecular complexity index is 903. The highest BCUT2D eigenvalue weighted by Crippen LogP contribution is 2.31. The minimum atomic E-state index is -0.738. The first-order valence-electron chi connectivity index (χ1n) is 12.4. The van der Waals surface area contributed by atoms with Gasteiger partial charge in [-0.2, -0.15) is 0 Å². The number of rotatable bonds is 9. The summed E-state index contributed by atoms with van der Waals surface area (Å²) in [5, 5.41) is 10.6. The maximum absolute atomic E-state index is 13.3. The molecule has 3 fully saturated rings. The molecule has 2 aliphatic heterocycles.